The monoisotopic (exact) mass is 448 g/mol. The predicted octanol–water partition coefficient (Wildman–Crippen LogP) is 6.31. The molecule has 2 fully saturated rings. The van der Waals surface area contributed by atoms with Crippen molar-refractivity contribution in [1.29, 1.82) is 0 Å². The van der Waals surface area contributed by atoms with Gasteiger partial charge in [0.2, 0.25) is 0 Å². The van der Waals surface area contributed by atoms with Crippen LogP contribution in [0.1, 0.15) is 86.5 Å². The first-order valence-electron chi connectivity index (χ1n) is 12.2. The van der Waals surface area contributed by atoms with Gasteiger partial charge in [-0.2, -0.15) is 0 Å². The number of likely N-dealkylation sites (tertiary alicyclic amines) is 2. The van der Waals surface area contributed by atoms with Crippen LogP contribution in [0, 0.1) is 5.92 Å². The van der Waals surface area contributed by atoms with Crippen molar-refractivity contribution < 1.29 is 19.1 Å². The molecule has 2 aliphatic rings. The Kier molecular flexibility index (Phi) is 9.23. The summed E-state index contributed by atoms with van der Waals surface area (Å²) >= 11 is 0. The van der Waals surface area contributed by atoms with E-state index in [2.05, 4.69) is 18.7 Å². The molecular formula is C26H44N2O4. The maximum absolute atomic E-state index is 12.8. The van der Waals surface area contributed by atoms with Crippen molar-refractivity contribution in [3.8, 4) is 0 Å². The van der Waals surface area contributed by atoms with Gasteiger partial charge in [0, 0.05) is 19.1 Å². The van der Waals surface area contributed by atoms with Crippen molar-refractivity contribution in [3.63, 3.8) is 0 Å². The lowest BCUT2D eigenvalue weighted by atomic mass is 10.0. The summed E-state index contributed by atoms with van der Waals surface area (Å²) in [6, 6.07) is 0.260. The van der Waals surface area contributed by atoms with Crippen LogP contribution in [-0.2, 0) is 9.47 Å². The van der Waals surface area contributed by atoms with Crippen LogP contribution in [0.2, 0.25) is 0 Å². The van der Waals surface area contributed by atoms with E-state index in [1.807, 2.05) is 57.4 Å². The molecule has 0 aromatic carbocycles. The van der Waals surface area contributed by atoms with Gasteiger partial charge in [-0.05, 0) is 86.0 Å². The van der Waals surface area contributed by atoms with Crippen LogP contribution in [0.25, 0.3) is 0 Å². The topological polar surface area (TPSA) is 59.1 Å². The highest BCUT2D eigenvalue weighted by molar-refractivity contribution is 5.69. The highest BCUT2D eigenvalue weighted by Crippen LogP contribution is 2.27. The van der Waals surface area contributed by atoms with Gasteiger partial charge in [0.1, 0.15) is 11.2 Å². The average molecular weight is 449 g/mol. The summed E-state index contributed by atoms with van der Waals surface area (Å²) in [7, 11) is 0. The van der Waals surface area contributed by atoms with Crippen molar-refractivity contribution in [1.82, 2.24) is 9.80 Å². The standard InChI is InChI=1S/C26H44N2O4/c1-8-21-16-11-14-20(19-28(21)24(30)32-26(5,6)7)13-9-10-15-22-17-12-18-27(22)23(29)31-25(2,3)4/h8-9,13,20-22H,1,10-12,14-19H2,2-7H3/b13-9+. The second kappa shape index (κ2) is 11.2. The summed E-state index contributed by atoms with van der Waals surface area (Å²) < 4.78 is 11.2. The Morgan fingerprint density at radius 1 is 0.938 bits per heavy atom. The van der Waals surface area contributed by atoms with Crippen LogP contribution in [0.15, 0.2) is 24.8 Å². The summed E-state index contributed by atoms with van der Waals surface area (Å²) in [5.74, 6) is 0.304. The smallest absolute Gasteiger partial charge is 0.410 e. The summed E-state index contributed by atoms with van der Waals surface area (Å²) in [5, 5.41) is 0. The van der Waals surface area contributed by atoms with Gasteiger partial charge in [-0.25, -0.2) is 9.59 Å². The molecule has 2 amide bonds. The maximum atomic E-state index is 12.8. The fourth-order valence-corrected chi connectivity index (χ4v) is 4.43. The minimum absolute atomic E-state index is 0.0177. The second-order valence-electron chi connectivity index (χ2n) is 11.1. The number of amides is 2. The molecule has 0 aliphatic carbocycles. The Hall–Kier alpha value is -1.98. The van der Waals surface area contributed by atoms with Crippen LogP contribution in [0.3, 0.4) is 0 Å². The number of allylic oxidation sites excluding steroid dienone is 1. The summed E-state index contributed by atoms with van der Waals surface area (Å²) in [5.41, 5.74) is -0.978. The van der Waals surface area contributed by atoms with Gasteiger partial charge in [0.25, 0.3) is 0 Å². The van der Waals surface area contributed by atoms with E-state index in [4.69, 9.17) is 9.47 Å². The molecule has 0 aromatic rings. The van der Waals surface area contributed by atoms with Crippen LogP contribution < -0.4 is 0 Å². The van der Waals surface area contributed by atoms with E-state index >= 15 is 0 Å². The maximum Gasteiger partial charge on any atom is 0.410 e. The molecule has 2 heterocycles. The molecule has 2 aliphatic heterocycles. The number of carbonyl (C=O) groups excluding carboxylic acids is 2. The first kappa shape index (κ1) is 26.3. The molecule has 6 heteroatoms. The third-order valence-corrected chi connectivity index (χ3v) is 5.89. The van der Waals surface area contributed by atoms with Crippen molar-refractivity contribution in [3.05, 3.63) is 24.8 Å². The number of ether oxygens (including phenoxy) is 2. The molecule has 6 nitrogen and oxygen atoms in total. The predicted molar refractivity (Wildman–Crippen MR) is 129 cm³/mol. The van der Waals surface area contributed by atoms with Crippen molar-refractivity contribution in [2.24, 2.45) is 5.92 Å². The van der Waals surface area contributed by atoms with E-state index in [1.165, 1.54) is 0 Å². The third-order valence-electron chi connectivity index (χ3n) is 5.89. The molecule has 0 bridgehead atoms. The molecule has 0 saturated carbocycles. The van der Waals surface area contributed by atoms with Crippen LogP contribution in [-0.4, -0.2) is 58.4 Å². The van der Waals surface area contributed by atoms with Crippen LogP contribution in [0.4, 0.5) is 9.59 Å². The fourth-order valence-electron chi connectivity index (χ4n) is 4.43. The third kappa shape index (κ3) is 8.51. The molecule has 3 atom stereocenters. The summed E-state index contributed by atoms with van der Waals surface area (Å²) in [6.45, 7) is 16.8. The normalized spacial score (nSPS) is 25.0. The molecule has 2 saturated heterocycles. The molecule has 182 valence electrons. The highest BCUT2D eigenvalue weighted by atomic mass is 16.6. The number of rotatable bonds is 5. The molecule has 0 aromatic heterocycles. The Morgan fingerprint density at radius 3 is 2.16 bits per heavy atom. The van der Waals surface area contributed by atoms with E-state index in [0.29, 0.717) is 12.5 Å². The van der Waals surface area contributed by atoms with Gasteiger partial charge in [-0.1, -0.05) is 24.6 Å². The molecular weight excluding hydrogens is 404 g/mol. The van der Waals surface area contributed by atoms with Crippen molar-refractivity contribution in [2.75, 3.05) is 13.1 Å². The number of nitrogens with zero attached hydrogens (tertiary/aromatic N) is 2. The Bertz CT molecular complexity index is 674. The minimum atomic E-state index is -0.512. The van der Waals surface area contributed by atoms with E-state index in [-0.39, 0.29) is 24.3 Å². The van der Waals surface area contributed by atoms with Gasteiger partial charge in [-0.15, -0.1) is 6.58 Å². The zero-order valence-electron chi connectivity index (χ0n) is 21.1. The van der Waals surface area contributed by atoms with Gasteiger partial charge >= 0.3 is 12.2 Å². The highest BCUT2D eigenvalue weighted by Gasteiger charge is 2.32. The van der Waals surface area contributed by atoms with Gasteiger partial charge in [0.15, 0.2) is 0 Å². The van der Waals surface area contributed by atoms with Crippen molar-refractivity contribution in [2.45, 2.75) is 110 Å². The van der Waals surface area contributed by atoms with Crippen LogP contribution >= 0.6 is 0 Å². The first-order valence-corrected chi connectivity index (χ1v) is 12.2. The number of carbonyl (C=O) groups is 2. The molecule has 0 N–H and O–H groups in total. The quantitative estimate of drug-likeness (QED) is 0.462. The van der Waals surface area contributed by atoms with E-state index in [1.54, 1.807) is 0 Å². The van der Waals surface area contributed by atoms with Crippen LogP contribution in [0.5, 0.6) is 0 Å². The summed E-state index contributed by atoms with van der Waals surface area (Å²) in [4.78, 5) is 29.0. The number of hydrogen-bond donors (Lipinski definition) is 0. The van der Waals surface area contributed by atoms with E-state index in [0.717, 1.165) is 51.5 Å². The Labute approximate surface area is 195 Å². The molecule has 3 unspecified atom stereocenters. The lowest BCUT2D eigenvalue weighted by Crippen LogP contribution is -2.43. The van der Waals surface area contributed by atoms with Gasteiger partial charge in [-0.3, -0.25) is 0 Å². The molecule has 2 rings (SSSR count). The molecule has 0 spiro atoms. The zero-order valence-corrected chi connectivity index (χ0v) is 21.1. The van der Waals surface area contributed by atoms with Crippen molar-refractivity contribution >= 4 is 12.2 Å². The molecule has 0 radical (unpaired) electrons. The second-order valence-corrected chi connectivity index (χ2v) is 11.1. The largest absolute Gasteiger partial charge is 0.444 e. The van der Waals surface area contributed by atoms with E-state index < -0.39 is 11.2 Å². The zero-order chi connectivity index (χ0) is 23.9. The number of hydrogen-bond acceptors (Lipinski definition) is 4. The Morgan fingerprint density at radius 2 is 1.56 bits per heavy atom. The average Bonchev–Trinajstić information content (AvgIpc) is 3.02. The summed E-state index contributed by atoms with van der Waals surface area (Å²) in [6.07, 6.45) is 12.8. The molecule has 32 heavy (non-hydrogen) atoms. The van der Waals surface area contributed by atoms with E-state index in [9.17, 15) is 9.59 Å². The van der Waals surface area contributed by atoms with Gasteiger partial charge in [0.05, 0.1) is 6.04 Å². The Balaban J connectivity index is 1.91. The first-order chi connectivity index (χ1) is 14.9. The SMILES string of the molecule is C=CC1CCCC(/C=C/CCC2CCCN2C(=O)OC(C)(C)C)CN1C(=O)OC(C)(C)C. The lowest BCUT2D eigenvalue weighted by molar-refractivity contribution is 0.0188. The van der Waals surface area contributed by atoms with Gasteiger partial charge < -0.3 is 19.3 Å². The fraction of sp³-hybridized carbons (Fsp3) is 0.769. The lowest BCUT2D eigenvalue weighted by Gasteiger charge is -2.31. The minimum Gasteiger partial charge on any atom is -0.444 e.